The van der Waals surface area contributed by atoms with E-state index in [2.05, 4.69) is 26.7 Å². The van der Waals surface area contributed by atoms with Crippen molar-refractivity contribution in [3.63, 3.8) is 0 Å². The van der Waals surface area contributed by atoms with Crippen molar-refractivity contribution in [1.82, 2.24) is 9.97 Å². The largest absolute Gasteiger partial charge is 0.356 e. The Morgan fingerprint density at radius 2 is 1.92 bits per heavy atom. The monoisotopic (exact) mass is 352 g/mol. The van der Waals surface area contributed by atoms with Crippen molar-refractivity contribution in [2.75, 3.05) is 40.9 Å². The fourth-order valence-corrected chi connectivity index (χ4v) is 5.50. The fourth-order valence-electron chi connectivity index (χ4n) is 3.77. The summed E-state index contributed by atoms with van der Waals surface area (Å²) in [6.07, 6.45) is 5.68. The lowest BCUT2D eigenvalue weighted by molar-refractivity contribution is 0.599. The molecule has 0 spiro atoms. The van der Waals surface area contributed by atoms with Crippen LogP contribution in [0.15, 0.2) is 6.07 Å². The first-order valence-electron chi connectivity index (χ1n) is 9.06. The van der Waals surface area contributed by atoms with Gasteiger partial charge in [0.05, 0.1) is 11.5 Å². The Bertz CT molecular complexity index is 669. The van der Waals surface area contributed by atoms with E-state index in [0.717, 1.165) is 37.1 Å². The van der Waals surface area contributed by atoms with E-state index in [9.17, 15) is 8.42 Å². The van der Waals surface area contributed by atoms with Gasteiger partial charge in [-0.2, -0.15) is 0 Å². The predicted molar refractivity (Wildman–Crippen MR) is 97.5 cm³/mol. The third-order valence-electron chi connectivity index (χ3n) is 5.03. The molecule has 1 aromatic heterocycles. The standard InChI is InChI=1S/C17H28N4O2S/c1-3-21(15-8-11-24(22,23)13-15)17-12-16(18-14(2)19-17)20-9-6-4-5-7-10-20/h12,15H,3-11,13H2,1-2H3. The summed E-state index contributed by atoms with van der Waals surface area (Å²) in [5.74, 6) is 3.14. The molecule has 1 unspecified atom stereocenters. The van der Waals surface area contributed by atoms with Gasteiger partial charge in [0.25, 0.3) is 0 Å². The van der Waals surface area contributed by atoms with Crippen LogP contribution in [0.3, 0.4) is 0 Å². The first-order valence-corrected chi connectivity index (χ1v) is 10.9. The number of rotatable bonds is 4. The summed E-state index contributed by atoms with van der Waals surface area (Å²) >= 11 is 0. The van der Waals surface area contributed by atoms with Crippen LogP contribution >= 0.6 is 0 Å². The molecule has 0 amide bonds. The zero-order valence-corrected chi connectivity index (χ0v) is 15.6. The molecular weight excluding hydrogens is 324 g/mol. The van der Waals surface area contributed by atoms with E-state index in [1.807, 2.05) is 13.0 Å². The molecule has 2 saturated heterocycles. The maximum atomic E-state index is 11.8. The highest BCUT2D eigenvalue weighted by molar-refractivity contribution is 7.91. The minimum Gasteiger partial charge on any atom is -0.356 e. The van der Waals surface area contributed by atoms with Crippen molar-refractivity contribution >= 4 is 21.5 Å². The topological polar surface area (TPSA) is 66.4 Å². The molecule has 7 heteroatoms. The van der Waals surface area contributed by atoms with Gasteiger partial charge in [0.2, 0.25) is 0 Å². The van der Waals surface area contributed by atoms with Crippen molar-refractivity contribution in [1.29, 1.82) is 0 Å². The van der Waals surface area contributed by atoms with Crippen molar-refractivity contribution in [2.24, 2.45) is 0 Å². The Balaban J connectivity index is 1.86. The molecule has 0 saturated carbocycles. The van der Waals surface area contributed by atoms with Crippen LogP contribution in [0, 0.1) is 6.92 Å². The summed E-state index contributed by atoms with van der Waals surface area (Å²) in [5.41, 5.74) is 0. The van der Waals surface area contributed by atoms with Gasteiger partial charge in [0, 0.05) is 31.7 Å². The van der Waals surface area contributed by atoms with Gasteiger partial charge in [-0.15, -0.1) is 0 Å². The summed E-state index contributed by atoms with van der Waals surface area (Å²) in [5, 5.41) is 0. The van der Waals surface area contributed by atoms with Crippen LogP contribution in [-0.4, -0.2) is 55.6 Å². The summed E-state index contributed by atoms with van der Waals surface area (Å²) in [7, 11) is -2.90. The van der Waals surface area contributed by atoms with E-state index in [1.165, 1.54) is 25.7 Å². The highest BCUT2D eigenvalue weighted by Crippen LogP contribution is 2.26. The smallest absolute Gasteiger partial charge is 0.152 e. The third kappa shape index (κ3) is 3.99. The van der Waals surface area contributed by atoms with Crippen LogP contribution < -0.4 is 9.80 Å². The second-order valence-electron chi connectivity index (χ2n) is 6.88. The van der Waals surface area contributed by atoms with Crippen LogP contribution in [0.1, 0.15) is 44.9 Å². The second kappa shape index (κ2) is 7.25. The van der Waals surface area contributed by atoms with Crippen LogP contribution in [0.4, 0.5) is 11.6 Å². The third-order valence-corrected chi connectivity index (χ3v) is 6.78. The molecule has 2 aliphatic rings. The van der Waals surface area contributed by atoms with E-state index < -0.39 is 9.84 Å². The van der Waals surface area contributed by atoms with Crippen molar-refractivity contribution < 1.29 is 8.42 Å². The number of nitrogens with zero attached hydrogens (tertiary/aromatic N) is 4. The zero-order valence-electron chi connectivity index (χ0n) is 14.7. The fraction of sp³-hybridized carbons (Fsp3) is 0.765. The quantitative estimate of drug-likeness (QED) is 0.827. The Morgan fingerprint density at radius 3 is 2.50 bits per heavy atom. The molecule has 1 aromatic rings. The lowest BCUT2D eigenvalue weighted by Gasteiger charge is -2.30. The maximum absolute atomic E-state index is 11.8. The van der Waals surface area contributed by atoms with Gasteiger partial charge in [-0.05, 0) is 33.1 Å². The molecule has 0 aromatic carbocycles. The van der Waals surface area contributed by atoms with Crippen molar-refractivity contribution in [3.05, 3.63) is 11.9 Å². The molecule has 134 valence electrons. The van der Waals surface area contributed by atoms with Crippen LogP contribution in [0.25, 0.3) is 0 Å². The van der Waals surface area contributed by atoms with E-state index in [-0.39, 0.29) is 17.5 Å². The predicted octanol–water partition coefficient (Wildman–Crippen LogP) is 2.18. The molecule has 1 atom stereocenters. The summed E-state index contributed by atoms with van der Waals surface area (Å²) < 4.78 is 23.7. The molecule has 24 heavy (non-hydrogen) atoms. The Morgan fingerprint density at radius 1 is 1.21 bits per heavy atom. The molecular formula is C17H28N4O2S. The molecule has 6 nitrogen and oxygen atoms in total. The van der Waals surface area contributed by atoms with E-state index in [1.54, 1.807) is 0 Å². The first kappa shape index (κ1) is 17.5. The number of anilines is 2. The molecule has 2 aliphatic heterocycles. The highest BCUT2D eigenvalue weighted by Gasteiger charge is 2.32. The minimum atomic E-state index is -2.90. The summed E-state index contributed by atoms with van der Waals surface area (Å²) in [6, 6.07) is 2.08. The van der Waals surface area contributed by atoms with Gasteiger partial charge in [0.1, 0.15) is 17.5 Å². The Kier molecular flexibility index (Phi) is 5.27. The molecule has 3 heterocycles. The van der Waals surface area contributed by atoms with E-state index >= 15 is 0 Å². The highest BCUT2D eigenvalue weighted by atomic mass is 32.2. The van der Waals surface area contributed by atoms with E-state index in [0.29, 0.717) is 6.42 Å². The normalized spacial score (nSPS) is 23.9. The lowest BCUT2D eigenvalue weighted by Crippen LogP contribution is -2.37. The lowest BCUT2D eigenvalue weighted by atomic mass is 10.2. The van der Waals surface area contributed by atoms with Crippen molar-refractivity contribution in [2.45, 2.75) is 52.0 Å². The average molecular weight is 353 g/mol. The number of hydrogen-bond acceptors (Lipinski definition) is 6. The first-order chi connectivity index (χ1) is 11.5. The van der Waals surface area contributed by atoms with Gasteiger partial charge in [0.15, 0.2) is 9.84 Å². The number of sulfone groups is 1. The van der Waals surface area contributed by atoms with Gasteiger partial charge in [-0.25, -0.2) is 18.4 Å². The van der Waals surface area contributed by atoms with E-state index in [4.69, 9.17) is 0 Å². The number of hydrogen-bond donors (Lipinski definition) is 0. The Hall–Kier alpha value is -1.37. The van der Waals surface area contributed by atoms with Crippen LogP contribution in [0.5, 0.6) is 0 Å². The molecule has 0 bridgehead atoms. The van der Waals surface area contributed by atoms with Crippen LogP contribution in [-0.2, 0) is 9.84 Å². The molecule has 0 N–H and O–H groups in total. The second-order valence-corrected chi connectivity index (χ2v) is 9.10. The Labute approximate surface area is 145 Å². The summed E-state index contributed by atoms with van der Waals surface area (Å²) in [4.78, 5) is 13.7. The van der Waals surface area contributed by atoms with Gasteiger partial charge in [-0.3, -0.25) is 0 Å². The van der Waals surface area contributed by atoms with Gasteiger partial charge < -0.3 is 9.80 Å². The SMILES string of the molecule is CCN(c1cc(N2CCCCCC2)nc(C)n1)C1CCS(=O)(=O)C1. The number of aryl methyl sites for hydroxylation is 1. The van der Waals surface area contributed by atoms with Crippen molar-refractivity contribution in [3.8, 4) is 0 Å². The maximum Gasteiger partial charge on any atom is 0.152 e. The minimum absolute atomic E-state index is 0.0336. The van der Waals surface area contributed by atoms with Crippen LogP contribution in [0.2, 0.25) is 0 Å². The number of aromatic nitrogens is 2. The zero-order chi connectivity index (χ0) is 17.2. The molecule has 0 aliphatic carbocycles. The van der Waals surface area contributed by atoms with Gasteiger partial charge >= 0.3 is 0 Å². The van der Waals surface area contributed by atoms with Gasteiger partial charge in [-0.1, -0.05) is 12.8 Å². The molecule has 0 radical (unpaired) electrons. The molecule has 2 fully saturated rings. The average Bonchev–Trinajstić information content (AvgIpc) is 2.76. The summed E-state index contributed by atoms with van der Waals surface area (Å²) in [6.45, 7) is 6.83. The molecule has 3 rings (SSSR count).